The van der Waals surface area contributed by atoms with Gasteiger partial charge in [-0.25, -0.2) is 0 Å². The van der Waals surface area contributed by atoms with E-state index in [-0.39, 0.29) is 6.04 Å². The zero-order valence-corrected chi connectivity index (χ0v) is 11.1. The van der Waals surface area contributed by atoms with Crippen LogP contribution in [-0.2, 0) is 6.42 Å². The summed E-state index contributed by atoms with van der Waals surface area (Å²) in [4.78, 5) is 1.11. The molecule has 4 heteroatoms. The normalized spacial score (nSPS) is 12.3. The number of thioether (sulfide) groups is 1. The van der Waals surface area contributed by atoms with Crippen LogP contribution in [0, 0.1) is 0 Å². The monoisotopic (exact) mass is 241 g/mol. The zero-order chi connectivity index (χ0) is 12.1. The Morgan fingerprint density at radius 2 is 1.88 bits per heavy atom. The summed E-state index contributed by atoms with van der Waals surface area (Å²) in [6.07, 6.45) is 2.83. The van der Waals surface area contributed by atoms with E-state index in [1.54, 1.807) is 26.0 Å². The number of benzene rings is 1. The summed E-state index contributed by atoms with van der Waals surface area (Å²) in [5.41, 5.74) is 6.94. The van der Waals surface area contributed by atoms with E-state index < -0.39 is 0 Å². The molecule has 3 nitrogen and oxygen atoms in total. The molecule has 0 fully saturated rings. The van der Waals surface area contributed by atoms with Crippen molar-refractivity contribution in [3.8, 4) is 11.5 Å². The molecule has 0 spiro atoms. The van der Waals surface area contributed by atoms with Gasteiger partial charge in [0.2, 0.25) is 0 Å². The zero-order valence-electron chi connectivity index (χ0n) is 10.2. The van der Waals surface area contributed by atoms with Gasteiger partial charge >= 0.3 is 0 Å². The number of ether oxygens (including phenoxy) is 2. The summed E-state index contributed by atoms with van der Waals surface area (Å²) in [6.45, 7) is 1.99. The molecule has 0 aliphatic rings. The highest BCUT2D eigenvalue weighted by Gasteiger charge is 2.11. The summed E-state index contributed by atoms with van der Waals surface area (Å²) < 4.78 is 10.6. The standard InChI is InChI=1S/C12H19NO2S/c1-8(13)5-9-6-12(16-4)11(15-3)7-10(9)14-2/h6-8H,5,13H2,1-4H3. The average molecular weight is 241 g/mol. The topological polar surface area (TPSA) is 44.5 Å². The Morgan fingerprint density at radius 3 is 2.31 bits per heavy atom. The Hall–Kier alpha value is -0.870. The second-order valence-electron chi connectivity index (χ2n) is 3.70. The molecule has 0 radical (unpaired) electrons. The van der Waals surface area contributed by atoms with Crippen molar-refractivity contribution < 1.29 is 9.47 Å². The van der Waals surface area contributed by atoms with Crippen LogP contribution in [-0.4, -0.2) is 26.5 Å². The van der Waals surface area contributed by atoms with Gasteiger partial charge in [-0.1, -0.05) is 0 Å². The highest BCUT2D eigenvalue weighted by molar-refractivity contribution is 7.98. The lowest BCUT2D eigenvalue weighted by Gasteiger charge is -2.15. The maximum Gasteiger partial charge on any atom is 0.136 e. The van der Waals surface area contributed by atoms with Gasteiger partial charge < -0.3 is 15.2 Å². The molecule has 1 aromatic rings. The van der Waals surface area contributed by atoms with Gasteiger partial charge in [0, 0.05) is 17.0 Å². The van der Waals surface area contributed by atoms with E-state index in [4.69, 9.17) is 15.2 Å². The summed E-state index contributed by atoms with van der Waals surface area (Å²) in [5.74, 6) is 1.68. The maximum absolute atomic E-state index is 5.82. The van der Waals surface area contributed by atoms with E-state index >= 15 is 0 Å². The fraction of sp³-hybridized carbons (Fsp3) is 0.500. The van der Waals surface area contributed by atoms with Crippen molar-refractivity contribution in [2.24, 2.45) is 5.73 Å². The molecule has 0 amide bonds. The minimum absolute atomic E-state index is 0.122. The summed E-state index contributed by atoms with van der Waals surface area (Å²) >= 11 is 1.66. The lowest BCUT2D eigenvalue weighted by Crippen LogP contribution is -2.18. The molecule has 16 heavy (non-hydrogen) atoms. The van der Waals surface area contributed by atoms with Gasteiger partial charge in [-0.2, -0.15) is 0 Å². The van der Waals surface area contributed by atoms with E-state index in [0.717, 1.165) is 28.4 Å². The number of rotatable bonds is 5. The molecule has 0 aromatic heterocycles. The van der Waals surface area contributed by atoms with Crippen LogP contribution in [0.15, 0.2) is 17.0 Å². The smallest absolute Gasteiger partial charge is 0.136 e. The van der Waals surface area contributed by atoms with Crippen molar-refractivity contribution in [1.82, 2.24) is 0 Å². The van der Waals surface area contributed by atoms with Crippen molar-refractivity contribution in [3.05, 3.63) is 17.7 Å². The maximum atomic E-state index is 5.82. The van der Waals surface area contributed by atoms with Crippen LogP contribution in [0.3, 0.4) is 0 Å². The second kappa shape index (κ2) is 6.01. The lowest BCUT2D eigenvalue weighted by atomic mass is 10.1. The van der Waals surface area contributed by atoms with E-state index in [2.05, 4.69) is 6.07 Å². The molecule has 0 saturated carbocycles. The van der Waals surface area contributed by atoms with Crippen molar-refractivity contribution in [1.29, 1.82) is 0 Å². The summed E-state index contributed by atoms with van der Waals surface area (Å²) in [6, 6.07) is 4.13. The van der Waals surface area contributed by atoms with Gasteiger partial charge in [0.05, 0.1) is 14.2 Å². The molecule has 1 atom stereocenters. The van der Waals surface area contributed by atoms with Gasteiger partial charge in [-0.05, 0) is 31.2 Å². The Labute approximate surface area is 101 Å². The molecular formula is C12H19NO2S. The molecule has 0 saturated heterocycles. The van der Waals surface area contributed by atoms with Crippen LogP contribution >= 0.6 is 11.8 Å². The third kappa shape index (κ3) is 3.06. The van der Waals surface area contributed by atoms with Gasteiger partial charge in [0.25, 0.3) is 0 Å². The molecule has 2 N–H and O–H groups in total. The second-order valence-corrected chi connectivity index (χ2v) is 4.55. The predicted octanol–water partition coefficient (Wildman–Crippen LogP) is 2.32. The van der Waals surface area contributed by atoms with E-state index in [1.165, 1.54) is 0 Å². The van der Waals surface area contributed by atoms with E-state index in [9.17, 15) is 0 Å². The minimum Gasteiger partial charge on any atom is -0.496 e. The van der Waals surface area contributed by atoms with Gasteiger partial charge in [0.1, 0.15) is 11.5 Å². The predicted molar refractivity (Wildman–Crippen MR) is 68.7 cm³/mol. The first-order chi connectivity index (χ1) is 7.62. The molecular weight excluding hydrogens is 222 g/mol. The summed E-state index contributed by atoms with van der Waals surface area (Å²) in [5, 5.41) is 0. The van der Waals surface area contributed by atoms with Crippen LogP contribution in [0.2, 0.25) is 0 Å². The Bertz CT molecular complexity index is 353. The lowest BCUT2D eigenvalue weighted by molar-refractivity contribution is 0.384. The van der Waals surface area contributed by atoms with Crippen LogP contribution in [0.1, 0.15) is 12.5 Å². The molecule has 0 aliphatic heterocycles. The first kappa shape index (κ1) is 13.2. The number of hydrogen-bond donors (Lipinski definition) is 1. The highest BCUT2D eigenvalue weighted by Crippen LogP contribution is 2.34. The fourth-order valence-corrected chi connectivity index (χ4v) is 2.20. The molecule has 1 rings (SSSR count). The van der Waals surface area contributed by atoms with Crippen molar-refractivity contribution >= 4 is 11.8 Å². The van der Waals surface area contributed by atoms with Gasteiger partial charge in [0.15, 0.2) is 0 Å². The van der Waals surface area contributed by atoms with Crippen LogP contribution in [0.25, 0.3) is 0 Å². The van der Waals surface area contributed by atoms with E-state index in [0.29, 0.717) is 0 Å². The Kier molecular flexibility index (Phi) is 4.96. The molecule has 1 aromatic carbocycles. The first-order valence-corrected chi connectivity index (χ1v) is 6.39. The SMILES string of the molecule is COc1cc(OC)c(SC)cc1CC(C)N. The first-order valence-electron chi connectivity index (χ1n) is 5.16. The highest BCUT2D eigenvalue weighted by atomic mass is 32.2. The summed E-state index contributed by atoms with van der Waals surface area (Å²) in [7, 11) is 3.33. The van der Waals surface area contributed by atoms with Crippen LogP contribution in [0.5, 0.6) is 11.5 Å². The molecule has 0 bridgehead atoms. The number of nitrogens with two attached hydrogens (primary N) is 1. The molecule has 0 aliphatic carbocycles. The van der Waals surface area contributed by atoms with Crippen molar-refractivity contribution in [3.63, 3.8) is 0 Å². The Morgan fingerprint density at radius 1 is 1.25 bits per heavy atom. The molecule has 90 valence electrons. The number of methoxy groups -OCH3 is 2. The van der Waals surface area contributed by atoms with E-state index in [1.807, 2.05) is 19.2 Å². The molecule has 1 unspecified atom stereocenters. The van der Waals surface area contributed by atoms with Crippen molar-refractivity contribution in [2.75, 3.05) is 20.5 Å². The average Bonchev–Trinajstić information content (AvgIpc) is 2.27. The largest absolute Gasteiger partial charge is 0.496 e. The van der Waals surface area contributed by atoms with Gasteiger partial charge in [-0.3, -0.25) is 0 Å². The van der Waals surface area contributed by atoms with Crippen molar-refractivity contribution in [2.45, 2.75) is 24.3 Å². The third-order valence-electron chi connectivity index (χ3n) is 2.33. The van der Waals surface area contributed by atoms with Crippen LogP contribution < -0.4 is 15.2 Å². The third-order valence-corrected chi connectivity index (χ3v) is 3.09. The Balaban J connectivity index is 3.15. The quantitative estimate of drug-likeness (QED) is 0.804. The van der Waals surface area contributed by atoms with Gasteiger partial charge in [-0.15, -0.1) is 11.8 Å². The molecule has 0 heterocycles. The minimum atomic E-state index is 0.122. The fourth-order valence-electron chi connectivity index (χ4n) is 1.60. The number of hydrogen-bond acceptors (Lipinski definition) is 4. The van der Waals surface area contributed by atoms with Crippen LogP contribution in [0.4, 0.5) is 0 Å².